The molecule has 0 aromatic heterocycles. The van der Waals surface area contributed by atoms with Crippen LogP contribution in [0.4, 0.5) is 0 Å². The number of ketones is 1. The van der Waals surface area contributed by atoms with Crippen LogP contribution < -0.4 is 5.11 Å². The third-order valence-electron chi connectivity index (χ3n) is 2.70. The highest BCUT2D eigenvalue weighted by Gasteiger charge is 2.23. The number of aliphatic carboxylic acids is 1. The molecule has 0 aliphatic heterocycles. The Bertz CT molecular complexity index is 538. The molecule has 0 aliphatic rings. The zero-order valence-corrected chi connectivity index (χ0v) is 11.8. The van der Waals surface area contributed by atoms with Gasteiger partial charge in [-0.1, -0.05) is 30.3 Å². The molecule has 0 aliphatic carbocycles. The number of hydrogen-bond donors (Lipinski definition) is 0. The van der Waals surface area contributed by atoms with Crippen molar-refractivity contribution < 1.29 is 24.2 Å². The summed E-state index contributed by atoms with van der Waals surface area (Å²) in [6.07, 6.45) is 1.01. The molecule has 1 aromatic rings. The number of benzene rings is 1. The lowest BCUT2D eigenvalue weighted by atomic mass is 10.1. The van der Waals surface area contributed by atoms with E-state index in [4.69, 9.17) is 4.74 Å². The van der Waals surface area contributed by atoms with E-state index in [0.29, 0.717) is 5.56 Å². The van der Waals surface area contributed by atoms with Crippen LogP contribution >= 0.6 is 0 Å². The molecule has 6 heteroatoms. The monoisotopic (exact) mass is 290 g/mol. The minimum atomic E-state index is -1.41. The highest BCUT2D eigenvalue weighted by atomic mass is 16.5. The molecule has 0 spiro atoms. The van der Waals surface area contributed by atoms with Gasteiger partial charge in [0, 0.05) is 6.21 Å². The zero-order chi connectivity index (χ0) is 15.8. The molecule has 1 rings (SSSR count). The standard InChI is InChI=1S/C15H17NO5/c1-3-21-15(20)12(10(2)17)9-16-13(14(18)19)11-7-5-4-6-8-11/h4-9,12-13H,3H2,1-2H3,(H,18,19)/p-1/t12-,13-/m1/s1. The first-order valence-corrected chi connectivity index (χ1v) is 6.43. The van der Waals surface area contributed by atoms with Crippen LogP contribution in [0, 0.1) is 5.92 Å². The Hall–Kier alpha value is -2.50. The number of carbonyl (C=O) groups is 3. The topological polar surface area (TPSA) is 95.9 Å². The minimum absolute atomic E-state index is 0.124. The van der Waals surface area contributed by atoms with Gasteiger partial charge < -0.3 is 14.6 Å². The van der Waals surface area contributed by atoms with Gasteiger partial charge in [0.25, 0.3) is 0 Å². The molecule has 6 nitrogen and oxygen atoms in total. The van der Waals surface area contributed by atoms with Gasteiger partial charge in [-0.2, -0.15) is 0 Å². The molecular weight excluding hydrogens is 274 g/mol. The van der Waals surface area contributed by atoms with Gasteiger partial charge in [-0.25, -0.2) is 0 Å². The molecule has 0 saturated carbocycles. The third-order valence-corrected chi connectivity index (χ3v) is 2.70. The Labute approximate surface area is 122 Å². The predicted octanol–water partition coefficient (Wildman–Crippen LogP) is 0.317. The summed E-state index contributed by atoms with van der Waals surface area (Å²) in [5, 5.41) is 11.2. The van der Waals surface area contributed by atoms with Gasteiger partial charge in [0.05, 0.1) is 12.6 Å². The molecule has 21 heavy (non-hydrogen) atoms. The Kier molecular flexibility index (Phi) is 6.26. The Balaban J connectivity index is 2.98. The molecule has 0 unspecified atom stereocenters. The van der Waals surface area contributed by atoms with E-state index < -0.39 is 29.7 Å². The van der Waals surface area contributed by atoms with E-state index >= 15 is 0 Å². The van der Waals surface area contributed by atoms with Crippen LogP contribution in [0.5, 0.6) is 0 Å². The predicted molar refractivity (Wildman–Crippen MR) is 73.5 cm³/mol. The maximum Gasteiger partial charge on any atom is 0.321 e. The van der Waals surface area contributed by atoms with E-state index in [1.807, 2.05) is 0 Å². The van der Waals surface area contributed by atoms with E-state index in [2.05, 4.69) is 4.99 Å². The van der Waals surface area contributed by atoms with Gasteiger partial charge in [-0.3, -0.25) is 14.6 Å². The van der Waals surface area contributed by atoms with E-state index in [0.717, 1.165) is 6.21 Å². The summed E-state index contributed by atoms with van der Waals surface area (Å²) in [5.41, 5.74) is 0.403. The Morgan fingerprint density at radius 2 is 1.90 bits per heavy atom. The maximum atomic E-state index is 11.6. The summed E-state index contributed by atoms with van der Waals surface area (Å²) in [6.45, 7) is 2.95. The minimum Gasteiger partial charge on any atom is -0.547 e. The first-order valence-electron chi connectivity index (χ1n) is 6.43. The van der Waals surface area contributed by atoms with Crippen LogP contribution in [-0.4, -0.2) is 30.5 Å². The number of aliphatic imine (C=N–C) groups is 1. The fraction of sp³-hybridized carbons (Fsp3) is 0.333. The molecule has 112 valence electrons. The number of ether oxygens (including phenoxy) is 1. The summed E-state index contributed by atoms with van der Waals surface area (Å²) >= 11 is 0. The van der Waals surface area contributed by atoms with Gasteiger partial charge in [0.1, 0.15) is 17.7 Å². The first-order chi connectivity index (χ1) is 9.97. The van der Waals surface area contributed by atoms with Crippen LogP contribution in [0.25, 0.3) is 0 Å². The smallest absolute Gasteiger partial charge is 0.321 e. The number of rotatable bonds is 7. The molecule has 2 atom stereocenters. The Morgan fingerprint density at radius 3 is 2.38 bits per heavy atom. The molecular formula is C15H16NO5-. The van der Waals surface area contributed by atoms with Crippen LogP contribution in [0.15, 0.2) is 35.3 Å². The number of hydrogen-bond acceptors (Lipinski definition) is 6. The summed E-state index contributed by atoms with van der Waals surface area (Å²) in [6, 6.07) is 6.93. The lowest BCUT2D eigenvalue weighted by Gasteiger charge is -2.15. The van der Waals surface area contributed by atoms with Gasteiger partial charge in [-0.05, 0) is 19.4 Å². The number of carboxylic acid groups (broad SMARTS) is 1. The van der Waals surface area contributed by atoms with Crippen molar-refractivity contribution in [3.8, 4) is 0 Å². The van der Waals surface area contributed by atoms with E-state index in [1.54, 1.807) is 37.3 Å². The van der Waals surface area contributed by atoms with Gasteiger partial charge in [-0.15, -0.1) is 0 Å². The quantitative estimate of drug-likeness (QED) is 0.409. The van der Waals surface area contributed by atoms with Gasteiger partial charge >= 0.3 is 5.97 Å². The molecule has 0 bridgehead atoms. The number of carbonyl (C=O) groups excluding carboxylic acids is 3. The number of nitrogens with zero attached hydrogens (tertiary/aromatic N) is 1. The number of Topliss-reactive ketones (excluding diaryl/α,β-unsaturated/α-hetero) is 1. The lowest BCUT2D eigenvalue weighted by molar-refractivity contribution is -0.307. The van der Waals surface area contributed by atoms with Crippen molar-refractivity contribution >= 4 is 23.9 Å². The molecule has 0 saturated heterocycles. The van der Waals surface area contributed by atoms with E-state index in [9.17, 15) is 19.5 Å². The normalized spacial score (nSPS) is 13.6. The average molecular weight is 290 g/mol. The van der Waals surface area contributed by atoms with Gasteiger partial charge in [0.15, 0.2) is 0 Å². The second kappa shape index (κ2) is 7.94. The summed E-state index contributed by atoms with van der Waals surface area (Å²) in [4.78, 5) is 38.0. The van der Waals surface area contributed by atoms with Crippen molar-refractivity contribution in [2.45, 2.75) is 19.9 Å². The van der Waals surface area contributed by atoms with E-state index in [-0.39, 0.29) is 6.61 Å². The molecule has 0 N–H and O–H groups in total. The molecule has 0 radical (unpaired) electrons. The van der Waals surface area contributed by atoms with Crippen LogP contribution in [-0.2, 0) is 19.1 Å². The van der Waals surface area contributed by atoms with Crippen molar-refractivity contribution in [1.29, 1.82) is 0 Å². The summed E-state index contributed by atoms with van der Waals surface area (Å²) in [5.74, 6) is -3.85. The average Bonchev–Trinajstić information content (AvgIpc) is 2.43. The van der Waals surface area contributed by atoms with E-state index in [1.165, 1.54) is 6.92 Å². The van der Waals surface area contributed by atoms with Crippen molar-refractivity contribution in [1.82, 2.24) is 0 Å². The second-order valence-corrected chi connectivity index (χ2v) is 4.27. The molecule has 0 fully saturated rings. The molecule has 1 aromatic carbocycles. The summed E-state index contributed by atoms with van der Waals surface area (Å²) in [7, 11) is 0. The van der Waals surface area contributed by atoms with Crippen LogP contribution in [0.2, 0.25) is 0 Å². The van der Waals surface area contributed by atoms with Crippen LogP contribution in [0.3, 0.4) is 0 Å². The van der Waals surface area contributed by atoms with Crippen molar-refractivity contribution in [2.75, 3.05) is 6.61 Å². The highest BCUT2D eigenvalue weighted by Crippen LogP contribution is 2.16. The zero-order valence-electron chi connectivity index (χ0n) is 11.8. The largest absolute Gasteiger partial charge is 0.547 e. The Morgan fingerprint density at radius 1 is 1.29 bits per heavy atom. The van der Waals surface area contributed by atoms with Crippen molar-refractivity contribution in [3.63, 3.8) is 0 Å². The fourth-order valence-corrected chi connectivity index (χ4v) is 1.65. The maximum absolute atomic E-state index is 11.6. The first kappa shape index (κ1) is 16.6. The van der Waals surface area contributed by atoms with Crippen LogP contribution in [0.1, 0.15) is 25.5 Å². The van der Waals surface area contributed by atoms with Gasteiger partial charge in [0.2, 0.25) is 0 Å². The SMILES string of the molecule is CCOC(=O)[C@H](C=N[C@@H](C(=O)[O-])c1ccccc1)C(C)=O. The molecule has 0 heterocycles. The number of esters is 1. The second-order valence-electron chi connectivity index (χ2n) is 4.27. The lowest BCUT2D eigenvalue weighted by Crippen LogP contribution is -2.30. The third kappa shape index (κ3) is 4.83. The summed E-state index contributed by atoms with van der Waals surface area (Å²) < 4.78 is 4.75. The van der Waals surface area contributed by atoms with Crippen molar-refractivity contribution in [2.24, 2.45) is 10.9 Å². The van der Waals surface area contributed by atoms with Crippen molar-refractivity contribution in [3.05, 3.63) is 35.9 Å². The highest BCUT2D eigenvalue weighted by molar-refractivity contribution is 6.11. The number of carboxylic acids is 1. The molecule has 0 amide bonds. The fourth-order valence-electron chi connectivity index (χ4n) is 1.65.